The highest BCUT2D eigenvalue weighted by atomic mass is 19.4. The minimum atomic E-state index is -4.13. The van der Waals surface area contributed by atoms with Crippen LogP contribution in [0.2, 0.25) is 0 Å². The number of nitrogens with zero attached hydrogens (tertiary/aromatic N) is 2. The van der Waals surface area contributed by atoms with Crippen molar-refractivity contribution in [2.45, 2.75) is 45.3 Å². The highest BCUT2D eigenvalue weighted by molar-refractivity contribution is 5.79. The molecule has 0 spiro atoms. The van der Waals surface area contributed by atoms with Gasteiger partial charge in [-0.2, -0.15) is 13.2 Å². The Morgan fingerprint density at radius 1 is 1.15 bits per heavy atom. The standard InChI is InChI=1S/C13H27F3N4/c1-11(2)20(4)10-6-5-8-18-12(17-3)19-9-7-13(14,15)16/h11H,5-10H2,1-4H3,(H2,17,18,19). The fourth-order valence-electron chi connectivity index (χ4n) is 1.49. The maximum atomic E-state index is 12.0. The van der Waals surface area contributed by atoms with Gasteiger partial charge in [0.25, 0.3) is 0 Å². The molecule has 0 unspecified atom stereocenters. The molecule has 20 heavy (non-hydrogen) atoms. The summed E-state index contributed by atoms with van der Waals surface area (Å²) < 4.78 is 36.0. The topological polar surface area (TPSA) is 39.7 Å². The lowest BCUT2D eigenvalue weighted by molar-refractivity contribution is -0.132. The fourth-order valence-corrected chi connectivity index (χ4v) is 1.49. The fraction of sp³-hybridized carbons (Fsp3) is 0.923. The Morgan fingerprint density at radius 2 is 1.75 bits per heavy atom. The number of halogens is 3. The number of nitrogens with one attached hydrogen (secondary N) is 2. The van der Waals surface area contributed by atoms with Crippen LogP contribution >= 0.6 is 0 Å². The molecule has 0 atom stereocenters. The molecule has 0 fully saturated rings. The number of aliphatic imine (C=N–C) groups is 1. The molecule has 0 aliphatic carbocycles. The second-order valence-corrected chi connectivity index (χ2v) is 5.07. The summed E-state index contributed by atoms with van der Waals surface area (Å²) in [5, 5.41) is 5.66. The van der Waals surface area contributed by atoms with Crippen molar-refractivity contribution in [1.82, 2.24) is 15.5 Å². The molecular weight excluding hydrogens is 269 g/mol. The van der Waals surface area contributed by atoms with E-state index < -0.39 is 12.6 Å². The second kappa shape index (κ2) is 9.85. The van der Waals surface area contributed by atoms with E-state index >= 15 is 0 Å². The van der Waals surface area contributed by atoms with Crippen molar-refractivity contribution in [3.05, 3.63) is 0 Å². The molecule has 0 aromatic rings. The normalized spacial score (nSPS) is 13.2. The first kappa shape index (κ1) is 19.0. The molecule has 0 aromatic carbocycles. The molecule has 0 saturated carbocycles. The zero-order chi connectivity index (χ0) is 15.6. The molecule has 0 saturated heterocycles. The Kier molecular flexibility index (Phi) is 9.37. The smallest absolute Gasteiger partial charge is 0.356 e. The van der Waals surface area contributed by atoms with Crippen LogP contribution in [0.25, 0.3) is 0 Å². The monoisotopic (exact) mass is 296 g/mol. The van der Waals surface area contributed by atoms with E-state index in [9.17, 15) is 13.2 Å². The molecule has 7 heteroatoms. The van der Waals surface area contributed by atoms with Crippen LogP contribution in [0, 0.1) is 0 Å². The third-order valence-corrected chi connectivity index (χ3v) is 3.04. The summed E-state index contributed by atoms with van der Waals surface area (Å²) in [6.45, 7) is 5.85. The zero-order valence-corrected chi connectivity index (χ0v) is 12.8. The predicted octanol–water partition coefficient (Wildman–Crippen LogP) is 2.22. The van der Waals surface area contributed by atoms with Crippen LogP contribution in [0.3, 0.4) is 0 Å². The van der Waals surface area contributed by atoms with Crippen LogP contribution in [-0.4, -0.2) is 56.8 Å². The van der Waals surface area contributed by atoms with Crippen LogP contribution in [0.15, 0.2) is 4.99 Å². The largest absolute Gasteiger partial charge is 0.390 e. The Hall–Kier alpha value is -0.980. The number of alkyl halides is 3. The van der Waals surface area contributed by atoms with E-state index in [4.69, 9.17) is 0 Å². The molecule has 0 aliphatic heterocycles. The van der Waals surface area contributed by atoms with Gasteiger partial charge in [0.2, 0.25) is 0 Å². The Bertz CT molecular complexity index is 277. The van der Waals surface area contributed by atoms with E-state index in [0.29, 0.717) is 18.5 Å². The first-order valence-corrected chi connectivity index (χ1v) is 6.97. The zero-order valence-electron chi connectivity index (χ0n) is 12.8. The molecule has 0 bridgehead atoms. The molecular formula is C13H27F3N4. The van der Waals surface area contributed by atoms with Crippen molar-refractivity contribution in [3.63, 3.8) is 0 Å². The molecule has 0 rings (SSSR count). The van der Waals surface area contributed by atoms with Crippen molar-refractivity contribution in [1.29, 1.82) is 0 Å². The van der Waals surface area contributed by atoms with Crippen molar-refractivity contribution >= 4 is 5.96 Å². The van der Waals surface area contributed by atoms with Crippen LogP contribution in [0.5, 0.6) is 0 Å². The van der Waals surface area contributed by atoms with E-state index in [-0.39, 0.29) is 6.54 Å². The first-order chi connectivity index (χ1) is 9.26. The number of rotatable bonds is 8. The molecule has 0 aromatic heterocycles. The molecule has 4 nitrogen and oxygen atoms in total. The number of unbranched alkanes of at least 4 members (excludes halogenated alkanes) is 1. The minimum Gasteiger partial charge on any atom is -0.356 e. The maximum absolute atomic E-state index is 12.0. The van der Waals surface area contributed by atoms with Crippen LogP contribution in [-0.2, 0) is 0 Å². The van der Waals surface area contributed by atoms with Crippen molar-refractivity contribution < 1.29 is 13.2 Å². The average molecular weight is 296 g/mol. The summed E-state index contributed by atoms with van der Waals surface area (Å²) >= 11 is 0. The number of hydrogen-bond donors (Lipinski definition) is 2. The first-order valence-electron chi connectivity index (χ1n) is 6.97. The average Bonchev–Trinajstić information content (AvgIpc) is 2.34. The highest BCUT2D eigenvalue weighted by Crippen LogP contribution is 2.17. The van der Waals surface area contributed by atoms with Gasteiger partial charge in [-0.3, -0.25) is 4.99 Å². The summed E-state index contributed by atoms with van der Waals surface area (Å²) in [4.78, 5) is 6.15. The summed E-state index contributed by atoms with van der Waals surface area (Å²) in [5.41, 5.74) is 0. The van der Waals surface area contributed by atoms with Gasteiger partial charge in [0, 0.05) is 26.2 Å². The van der Waals surface area contributed by atoms with E-state index in [1.165, 1.54) is 0 Å². The molecule has 2 N–H and O–H groups in total. The van der Waals surface area contributed by atoms with Crippen molar-refractivity contribution in [2.75, 3.05) is 33.7 Å². The summed E-state index contributed by atoms with van der Waals surface area (Å²) in [6, 6.07) is 0.528. The third-order valence-electron chi connectivity index (χ3n) is 3.04. The van der Waals surface area contributed by atoms with Crippen LogP contribution in [0.1, 0.15) is 33.1 Å². The van der Waals surface area contributed by atoms with E-state index in [1.807, 2.05) is 0 Å². The molecule has 120 valence electrons. The van der Waals surface area contributed by atoms with Crippen LogP contribution in [0.4, 0.5) is 13.2 Å². The minimum absolute atomic E-state index is 0.154. The van der Waals surface area contributed by atoms with Gasteiger partial charge < -0.3 is 15.5 Å². The van der Waals surface area contributed by atoms with Gasteiger partial charge in [-0.15, -0.1) is 0 Å². The van der Waals surface area contributed by atoms with Gasteiger partial charge in [0.1, 0.15) is 0 Å². The van der Waals surface area contributed by atoms with E-state index in [0.717, 1.165) is 19.4 Å². The molecule has 0 radical (unpaired) electrons. The van der Waals surface area contributed by atoms with Gasteiger partial charge in [-0.05, 0) is 40.3 Å². The predicted molar refractivity (Wildman–Crippen MR) is 77.0 cm³/mol. The lowest BCUT2D eigenvalue weighted by atomic mass is 10.2. The lowest BCUT2D eigenvalue weighted by Gasteiger charge is -2.20. The van der Waals surface area contributed by atoms with Gasteiger partial charge in [0.05, 0.1) is 6.42 Å². The third kappa shape index (κ3) is 10.9. The lowest BCUT2D eigenvalue weighted by Crippen LogP contribution is -2.39. The molecule has 0 aliphatic rings. The maximum Gasteiger partial charge on any atom is 0.390 e. The highest BCUT2D eigenvalue weighted by Gasteiger charge is 2.26. The summed E-state index contributed by atoms with van der Waals surface area (Å²) in [5.74, 6) is 0.423. The van der Waals surface area contributed by atoms with Gasteiger partial charge >= 0.3 is 6.18 Å². The van der Waals surface area contributed by atoms with Gasteiger partial charge in [-0.1, -0.05) is 0 Å². The SMILES string of the molecule is CN=C(NCCCCN(C)C(C)C)NCCC(F)(F)F. The summed E-state index contributed by atoms with van der Waals surface area (Å²) in [7, 11) is 3.63. The van der Waals surface area contributed by atoms with Crippen molar-refractivity contribution in [3.8, 4) is 0 Å². The number of guanidine groups is 1. The van der Waals surface area contributed by atoms with E-state index in [1.54, 1.807) is 7.05 Å². The van der Waals surface area contributed by atoms with Gasteiger partial charge in [0.15, 0.2) is 5.96 Å². The Balaban J connectivity index is 3.66. The molecule has 0 heterocycles. The van der Waals surface area contributed by atoms with Crippen molar-refractivity contribution in [2.24, 2.45) is 4.99 Å². The van der Waals surface area contributed by atoms with Crippen LogP contribution < -0.4 is 10.6 Å². The molecule has 0 amide bonds. The Labute approximate surface area is 119 Å². The second-order valence-electron chi connectivity index (χ2n) is 5.07. The summed E-state index contributed by atoms with van der Waals surface area (Å²) in [6.07, 6.45) is -2.99. The quantitative estimate of drug-likeness (QED) is 0.410. The van der Waals surface area contributed by atoms with E-state index in [2.05, 4.69) is 41.4 Å². The Morgan fingerprint density at radius 3 is 2.25 bits per heavy atom. The number of hydrogen-bond acceptors (Lipinski definition) is 2. The van der Waals surface area contributed by atoms with Gasteiger partial charge in [-0.25, -0.2) is 0 Å².